The first-order valence-corrected chi connectivity index (χ1v) is 9.20. The zero-order valence-electron chi connectivity index (χ0n) is 14.0. The molecule has 0 aliphatic carbocycles. The van der Waals surface area contributed by atoms with Crippen LogP contribution >= 0.6 is 0 Å². The number of aromatic nitrogens is 1. The van der Waals surface area contributed by atoms with Gasteiger partial charge in [-0.1, -0.05) is 12.1 Å². The van der Waals surface area contributed by atoms with E-state index in [2.05, 4.69) is 15.0 Å². The van der Waals surface area contributed by atoms with Crippen LogP contribution in [0.3, 0.4) is 0 Å². The Morgan fingerprint density at radius 3 is 2.56 bits per heavy atom. The second-order valence-corrected chi connectivity index (χ2v) is 7.59. The van der Waals surface area contributed by atoms with Crippen molar-refractivity contribution < 1.29 is 22.8 Å². The van der Waals surface area contributed by atoms with E-state index in [1.807, 2.05) is 6.92 Å². The van der Waals surface area contributed by atoms with Gasteiger partial charge in [-0.05, 0) is 30.7 Å². The maximum Gasteiger partial charge on any atom is 0.251 e. The zero-order chi connectivity index (χ0) is 18.4. The number of rotatable bonds is 8. The Morgan fingerprint density at radius 2 is 2.00 bits per heavy atom. The van der Waals surface area contributed by atoms with Gasteiger partial charge in [0.2, 0.25) is 10.0 Å². The van der Waals surface area contributed by atoms with Crippen LogP contribution in [0, 0.1) is 0 Å². The second kappa shape index (κ2) is 8.24. The third-order valence-corrected chi connectivity index (χ3v) is 5.49. The minimum atomic E-state index is -3.71. The third-order valence-electron chi connectivity index (χ3n) is 3.67. The molecule has 2 N–H and O–H groups in total. The first-order valence-electron chi connectivity index (χ1n) is 7.76. The number of aliphatic hydroxyl groups is 1. The molecule has 2 aromatic rings. The number of amides is 1. The number of nitrogens with one attached hydrogen (secondary N) is 1. The fourth-order valence-corrected chi connectivity index (χ4v) is 3.19. The lowest BCUT2D eigenvalue weighted by Gasteiger charge is -2.16. The Morgan fingerprint density at radius 1 is 1.32 bits per heavy atom. The zero-order valence-corrected chi connectivity index (χ0v) is 14.9. The Balaban J connectivity index is 2.06. The van der Waals surface area contributed by atoms with Crippen molar-refractivity contribution in [2.45, 2.75) is 30.9 Å². The van der Waals surface area contributed by atoms with Crippen LogP contribution in [0.5, 0.6) is 0 Å². The molecule has 0 aliphatic rings. The normalized spacial score (nSPS) is 13.0. The van der Waals surface area contributed by atoms with Gasteiger partial charge in [0.05, 0.1) is 23.2 Å². The van der Waals surface area contributed by atoms with Crippen molar-refractivity contribution in [1.29, 1.82) is 0 Å². The van der Waals surface area contributed by atoms with Gasteiger partial charge in [0.15, 0.2) is 0 Å². The van der Waals surface area contributed by atoms with Crippen molar-refractivity contribution in [1.82, 2.24) is 14.8 Å². The molecule has 0 aliphatic heterocycles. The van der Waals surface area contributed by atoms with Crippen molar-refractivity contribution in [3.63, 3.8) is 0 Å². The molecule has 2 rings (SSSR count). The minimum Gasteiger partial charge on any atom is -0.391 e. The van der Waals surface area contributed by atoms with E-state index in [1.54, 1.807) is 6.07 Å². The Labute approximate surface area is 146 Å². The van der Waals surface area contributed by atoms with Crippen molar-refractivity contribution in [3.05, 3.63) is 47.9 Å². The summed E-state index contributed by atoms with van der Waals surface area (Å²) in [6, 6.07) is 7.21. The summed E-state index contributed by atoms with van der Waals surface area (Å²) in [5.74, 6) is -0.368. The van der Waals surface area contributed by atoms with Crippen LogP contribution < -0.4 is 5.32 Å². The highest BCUT2D eigenvalue weighted by molar-refractivity contribution is 7.89. The number of hydrogen-bond donors (Lipinski definition) is 2. The lowest BCUT2D eigenvalue weighted by molar-refractivity contribution is 0.0914. The lowest BCUT2D eigenvalue weighted by Crippen LogP contribution is -2.31. The molecule has 136 valence electrons. The fraction of sp³-hybridized carbons (Fsp3) is 0.375. The summed E-state index contributed by atoms with van der Waals surface area (Å²) in [7, 11) is -2.27. The molecule has 1 unspecified atom stereocenters. The third kappa shape index (κ3) is 4.88. The first-order chi connectivity index (χ1) is 11.8. The molecule has 1 atom stereocenters. The number of carbonyl (C=O) groups excluding carboxylic acids is 1. The van der Waals surface area contributed by atoms with Gasteiger partial charge in [-0.25, -0.2) is 8.42 Å². The van der Waals surface area contributed by atoms with Gasteiger partial charge in [-0.2, -0.15) is 4.31 Å². The van der Waals surface area contributed by atoms with E-state index in [-0.39, 0.29) is 23.9 Å². The molecule has 1 amide bonds. The number of aliphatic hydroxyl groups excluding tert-OH is 1. The predicted octanol–water partition coefficient (Wildman–Crippen LogP) is 0.996. The van der Waals surface area contributed by atoms with Crippen LogP contribution in [-0.2, 0) is 16.6 Å². The number of sulfonamides is 1. The van der Waals surface area contributed by atoms with Gasteiger partial charge in [0.25, 0.3) is 5.91 Å². The number of nitrogens with zero attached hydrogens (tertiary/aromatic N) is 2. The maximum atomic E-state index is 12.5. The standard InChI is InChI=1S/C16H21N3O5S/c1-3-14(20)10-17-16(21)12-4-6-15(7-5-12)25(22,23)19(2)11-13-8-9-24-18-13/h4-9,14,20H,3,10-11H2,1-2H3,(H,17,21). The molecule has 0 bridgehead atoms. The Kier molecular flexibility index (Phi) is 6.29. The van der Waals surface area contributed by atoms with Crippen LogP contribution in [0.2, 0.25) is 0 Å². The van der Waals surface area contributed by atoms with E-state index in [0.717, 1.165) is 4.31 Å². The summed E-state index contributed by atoms with van der Waals surface area (Å²) in [4.78, 5) is 12.0. The lowest BCUT2D eigenvalue weighted by atomic mass is 10.2. The molecular formula is C16H21N3O5S. The number of benzene rings is 1. The van der Waals surface area contributed by atoms with Crippen LogP contribution in [0.1, 0.15) is 29.4 Å². The summed E-state index contributed by atoms with van der Waals surface area (Å²) in [6.07, 6.45) is 1.31. The SMILES string of the molecule is CCC(O)CNC(=O)c1ccc(S(=O)(=O)N(C)Cc2ccon2)cc1. The van der Waals surface area contributed by atoms with Gasteiger partial charge in [0, 0.05) is 25.2 Å². The molecule has 1 aromatic carbocycles. The number of carbonyl (C=O) groups is 1. The van der Waals surface area contributed by atoms with Gasteiger partial charge < -0.3 is 14.9 Å². The largest absolute Gasteiger partial charge is 0.391 e. The Bertz CT molecular complexity index is 788. The second-order valence-electron chi connectivity index (χ2n) is 5.55. The van der Waals surface area contributed by atoms with Gasteiger partial charge in [0.1, 0.15) is 6.26 Å². The molecule has 0 saturated heterocycles. The smallest absolute Gasteiger partial charge is 0.251 e. The van der Waals surface area contributed by atoms with Crippen molar-refractivity contribution in [2.75, 3.05) is 13.6 Å². The van der Waals surface area contributed by atoms with E-state index >= 15 is 0 Å². The van der Waals surface area contributed by atoms with Crippen LogP contribution in [-0.4, -0.2) is 48.6 Å². The molecule has 0 fully saturated rings. The monoisotopic (exact) mass is 367 g/mol. The summed E-state index contributed by atoms with van der Waals surface area (Å²) < 4.78 is 30.9. The van der Waals surface area contributed by atoms with Crippen molar-refractivity contribution in [3.8, 4) is 0 Å². The predicted molar refractivity (Wildman–Crippen MR) is 90.2 cm³/mol. The molecule has 9 heteroatoms. The van der Waals surface area contributed by atoms with E-state index in [9.17, 15) is 18.3 Å². The summed E-state index contributed by atoms with van der Waals surface area (Å²) in [5, 5.41) is 15.7. The van der Waals surface area contributed by atoms with Crippen molar-refractivity contribution in [2.24, 2.45) is 0 Å². The first kappa shape index (κ1) is 19.1. The summed E-state index contributed by atoms with van der Waals surface area (Å²) in [6.45, 7) is 2.04. The van der Waals surface area contributed by atoms with Gasteiger partial charge >= 0.3 is 0 Å². The van der Waals surface area contributed by atoms with Crippen LogP contribution in [0.25, 0.3) is 0 Å². The number of hydrogen-bond acceptors (Lipinski definition) is 6. The quantitative estimate of drug-likeness (QED) is 0.720. The molecule has 0 saturated carbocycles. The highest BCUT2D eigenvalue weighted by Gasteiger charge is 2.22. The highest BCUT2D eigenvalue weighted by Crippen LogP contribution is 2.17. The van der Waals surface area contributed by atoms with Gasteiger partial charge in [-0.3, -0.25) is 4.79 Å². The topological polar surface area (TPSA) is 113 Å². The highest BCUT2D eigenvalue weighted by atomic mass is 32.2. The maximum absolute atomic E-state index is 12.5. The van der Waals surface area contributed by atoms with E-state index in [0.29, 0.717) is 17.7 Å². The molecule has 0 spiro atoms. The molecule has 1 heterocycles. The van der Waals surface area contributed by atoms with E-state index in [1.165, 1.54) is 37.6 Å². The van der Waals surface area contributed by atoms with E-state index in [4.69, 9.17) is 0 Å². The average molecular weight is 367 g/mol. The van der Waals surface area contributed by atoms with Crippen molar-refractivity contribution >= 4 is 15.9 Å². The summed E-state index contributed by atoms with van der Waals surface area (Å²) in [5.41, 5.74) is 0.818. The van der Waals surface area contributed by atoms with Crippen LogP contribution in [0.15, 0.2) is 46.0 Å². The van der Waals surface area contributed by atoms with E-state index < -0.39 is 16.1 Å². The average Bonchev–Trinajstić information content (AvgIpc) is 3.12. The molecule has 1 aromatic heterocycles. The molecule has 0 radical (unpaired) electrons. The fourth-order valence-electron chi connectivity index (χ4n) is 2.05. The van der Waals surface area contributed by atoms with Gasteiger partial charge in [-0.15, -0.1) is 0 Å². The Hall–Kier alpha value is -2.23. The minimum absolute atomic E-state index is 0.0728. The molecular weight excluding hydrogens is 346 g/mol. The summed E-state index contributed by atoms with van der Waals surface area (Å²) >= 11 is 0. The molecule has 25 heavy (non-hydrogen) atoms. The van der Waals surface area contributed by atoms with Crippen LogP contribution in [0.4, 0.5) is 0 Å². The molecule has 8 nitrogen and oxygen atoms in total.